The summed E-state index contributed by atoms with van der Waals surface area (Å²) in [6.45, 7) is 2.38. The molecule has 3 N–H and O–H groups in total. The number of imide groups is 1. The van der Waals surface area contributed by atoms with Crippen LogP contribution in [-0.2, 0) is 16.1 Å². The van der Waals surface area contributed by atoms with E-state index in [-0.39, 0.29) is 18.2 Å². The van der Waals surface area contributed by atoms with Crippen molar-refractivity contribution in [3.05, 3.63) is 53.1 Å². The zero-order chi connectivity index (χ0) is 26.4. The van der Waals surface area contributed by atoms with Crippen LogP contribution >= 0.6 is 0 Å². The third-order valence-corrected chi connectivity index (χ3v) is 8.54. The SMILES string of the molecule is COc1cc(N2CCC([C@H]3C[C@@H]3C#Cc3cccc4c3CN(C3CCC(=O)NC3=O)C4=O)CC2)ccc1N. The highest BCUT2D eigenvalue weighted by atomic mass is 16.5. The van der Waals surface area contributed by atoms with E-state index in [1.165, 1.54) is 0 Å². The lowest BCUT2D eigenvalue weighted by Crippen LogP contribution is -2.52. The van der Waals surface area contributed by atoms with Gasteiger partial charge in [0, 0.05) is 54.9 Å². The summed E-state index contributed by atoms with van der Waals surface area (Å²) in [7, 11) is 1.64. The molecule has 2 aromatic carbocycles. The second-order valence-electron chi connectivity index (χ2n) is 10.8. The van der Waals surface area contributed by atoms with Gasteiger partial charge in [0.25, 0.3) is 5.91 Å². The minimum Gasteiger partial charge on any atom is -0.495 e. The summed E-state index contributed by atoms with van der Waals surface area (Å²) in [5.41, 5.74) is 10.1. The molecule has 38 heavy (non-hydrogen) atoms. The molecule has 0 spiro atoms. The van der Waals surface area contributed by atoms with E-state index in [1.807, 2.05) is 24.3 Å². The first-order valence-electron chi connectivity index (χ1n) is 13.4. The van der Waals surface area contributed by atoms with E-state index >= 15 is 0 Å². The Labute approximate surface area is 222 Å². The lowest BCUT2D eigenvalue weighted by atomic mass is 9.90. The predicted molar refractivity (Wildman–Crippen MR) is 143 cm³/mol. The number of amides is 3. The molecule has 196 valence electrons. The number of piperidine rings is 2. The molecule has 3 fully saturated rings. The van der Waals surface area contributed by atoms with Crippen LogP contribution in [0.15, 0.2) is 36.4 Å². The smallest absolute Gasteiger partial charge is 0.255 e. The molecule has 0 radical (unpaired) electrons. The van der Waals surface area contributed by atoms with Crippen molar-refractivity contribution in [2.45, 2.75) is 44.7 Å². The average Bonchev–Trinajstić information content (AvgIpc) is 3.63. The molecule has 1 unspecified atom stereocenters. The number of hydrogen-bond donors (Lipinski definition) is 2. The van der Waals surface area contributed by atoms with Crippen molar-refractivity contribution in [3.63, 3.8) is 0 Å². The minimum atomic E-state index is -0.610. The largest absolute Gasteiger partial charge is 0.495 e. The normalized spacial score (nSPS) is 25.0. The van der Waals surface area contributed by atoms with E-state index in [0.29, 0.717) is 42.0 Å². The minimum absolute atomic E-state index is 0.159. The van der Waals surface area contributed by atoms with Crippen LogP contribution in [0.1, 0.15) is 53.6 Å². The predicted octanol–water partition coefficient (Wildman–Crippen LogP) is 2.94. The summed E-state index contributed by atoms with van der Waals surface area (Å²) in [6, 6.07) is 11.0. The topological polar surface area (TPSA) is 105 Å². The number of ether oxygens (including phenoxy) is 1. The van der Waals surface area contributed by atoms with Crippen molar-refractivity contribution < 1.29 is 19.1 Å². The quantitative estimate of drug-likeness (QED) is 0.371. The Morgan fingerprint density at radius 2 is 1.89 bits per heavy atom. The zero-order valence-corrected chi connectivity index (χ0v) is 21.5. The maximum absolute atomic E-state index is 13.1. The highest BCUT2D eigenvalue weighted by Gasteiger charge is 2.43. The maximum atomic E-state index is 13.1. The number of hydrogen-bond acceptors (Lipinski definition) is 6. The van der Waals surface area contributed by atoms with Crippen LogP contribution < -0.4 is 20.7 Å². The second-order valence-corrected chi connectivity index (χ2v) is 10.8. The van der Waals surface area contributed by atoms with E-state index in [0.717, 1.165) is 54.9 Å². The van der Waals surface area contributed by atoms with E-state index < -0.39 is 11.9 Å². The van der Waals surface area contributed by atoms with Crippen molar-refractivity contribution in [3.8, 4) is 17.6 Å². The number of nitrogens with one attached hydrogen (secondary N) is 1. The average molecular weight is 513 g/mol. The Morgan fingerprint density at radius 3 is 2.66 bits per heavy atom. The zero-order valence-electron chi connectivity index (χ0n) is 21.5. The van der Waals surface area contributed by atoms with Gasteiger partial charge in [-0.1, -0.05) is 17.9 Å². The number of fused-ring (bicyclic) bond motifs is 1. The van der Waals surface area contributed by atoms with Crippen molar-refractivity contribution >= 4 is 29.1 Å². The third kappa shape index (κ3) is 4.47. The summed E-state index contributed by atoms with van der Waals surface area (Å²) in [5.74, 6) is 8.44. The summed E-state index contributed by atoms with van der Waals surface area (Å²) in [5, 5.41) is 2.36. The van der Waals surface area contributed by atoms with E-state index in [1.54, 1.807) is 18.1 Å². The second kappa shape index (κ2) is 9.71. The molecule has 8 nitrogen and oxygen atoms in total. The molecule has 0 aromatic heterocycles. The Hall–Kier alpha value is -3.99. The van der Waals surface area contributed by atoms with E-state index in [9.17, 15) is 14.4 Å². The molecule has 2 saturated heterocycles. The molecule has 8 heteroatoms. The summed E-state index contributed by atoms with van der Waals surface area (Å²) >= 11 is 0. The van der Waals surface area contributed by atoms with Gasteiger partial charge in [0.15, 0.2) is 0 Å². The Morgan fingerprint density at radius 1 is 1.08 bits per heavy atom. The first-order valence-corrected chi connectivity index (χ1v) is 13.4. The summed E-state index contributed by atoms with van der Waals surface area (Å²) in [6.07, 6.45) is 4.03. The molecule has 4 aliphatic rings. The molecule has 0 bridgehead atoms. The molecule has 3 aliphatic heterocycles. The van der Waals surface area contributed by atoms with Gasteiger partial charge in [-0.2, -0.15) is 0 Å². The van der Waals surface area contributed by atoms with Gasteiger partial charge in [0.05, 0.1) is 12.8 Å². The number of nitrogen functional groups attached to an aromatic ring is 1. The highest BCUT2D eigenvalue weighted by molar-refractivity contribution is 6.05. The Kier molecular flexibility index (Phi) is 6.22. The summed E-state index contributed by atoms with van der Waals surface area (Å²) in [4.78, 5) is 40.9. The molecular formula is C30H32N4O4. The van der Waals surface area contributed by atoms with Gasteiger partial charge >= 0.3 is 0 Å². The van der Waals surface area contributed by atoms with Crippen molar-refractivity contribution in [2.75, 3.05) is 30.8 Å². The monoisotopic (exact) mass is 512 g/mol. The van der Waals surface area contributed by atoms with Gasteiger partial charge < -0.3 is 20.3 Å². The van der Waals surface area contributed by atoms with Gasteiger partial charge in [-0.15, -0.1) is 0 Å². The number of carbonyl (C=O) groups is 3. The fraction of sp³-hybridized carbons (Fsp3) is 0.433. The van der Waals surface area contributed by atoms with Gasteiger partial charge in [-0.05, 0) is 67.3 Å². The standard InChI is InChI=1S/C30H32N4O4/c1-38-27-16-21(7-8-25(27)31)33-13-11-19(12-14-33)23-15-20(23)6-5-18-3-2-4-22-24(18)17-34(30(22)37)26-9-10-28(35)32-29(26)36/h2-4,7-8,16,19-20,23,26H,9-15,17,31H2,1H3,(H,32,35,36)/t20-,23+,26?/m0/s1. The van der Waals surface area contributed by atoms with Crippen LogP contribution in [0.5, 0.6) is 5.75 Å². The van der Waals surface area contributed by atoms with Gasteiger partial charge in [0.2, 0.25) is 11.8 Å². The lowest BCUT2D eigenvalue weighted by molar-refractivity contribution is -0.136. The molecule has 1 aliphatic carbocycles. The lowest BCUT2D eigenvalue weighted by Gasteiger charge is -2.34. The van der Waals surface area contributed by atoms with Crippen LogP contribution in [0.2, 0.25) is 0 Å². The number of carbonyl (C=O) groups excluding carboxylic acids is 3. The van der Waals surface area contributed by atoms with Crippen molar-refractivity contribution in [1.29, 1.82) is 0 Å². The molecule has 3 amide bonds. The molecule has 2 aromatic rings. The van der Waals surface area contributed by atoms with Gasteiger partial charge in [-0.25, -0.2) is 0 Å². The maximum Gasteiger partial charge on any atom is 0.255 e. The Balaban J connectivity index is 1.08. The first-order chi connectivity index (χ1) is 18.4. The van der Waals surface area contributed by atoms with E-state index in [2.05, 4.69) is 28.1 Å². The number of rotatable bonds is 4. The van der Waals surface area contributed by atoms with Crippen LogP contribution in [0.25, 0.3) is 0 Å². The number of methoxy groups -OCH3 is 1. The van der Waals surface area contributed by atoms with Crippen LogP contribution in [0, 0.1) is 29.6 Å². The molecular weight excluding hydrogens is 480 g/mol. The molecule has 3 heterocycles. The van der Waals surface area contributed by atoms with Gasteiger partial charge in [0.1, 0.15) is 11.8 Å². The summed E-state index contributed by atoms with van der Waals surface area (Å²) < 4.78 is 5.38. The molecule has 1 saturated carbocycles. The highest BCUT2D eigenvalue weighted by Crippen LogP contribution is 2.48. The number of benzene rings is 2. The van der Waals surface area contributed by atoms with Crippen molar-refractivity contribution in [2.24, 2.45) is 17.8 Å². The fourth-order valence-electron chi connectivity index (χ4n) is 6.26. The number of nitrogens with zero attached hydrogens (tertiary/aromatic N) is 2. The number of anilines is 2. The Bertz CT molecular complexity index is 1370. The third-order valence-electron chi connectivity index (χ3n) is 8.54. The number of nitrogens with two attached hydrogens (primary N) is 1. The van der Waals surface area contributed by atoms with Crippen LogP contribution in [-0.4, -0.2) is 48.9 Å². The molecule has 6 rings (SSSR count). The van der Waals surface area contributed by atoms with Crippen LogP contribution in [0.3, 0.4) is 0 Å². The van der Waals surface area contributed by atoms with Crippen LogP contribution in [0.4, 0.5) is 11.4 Å². The van der Waals surface area contributed by atoms with Crippen molar-refractivity contribution in [1.82, 2.24) is 10.2 Å². The fourth-order valence-corrected chi connectivity index (χ4v) is 6.26. The molecule has 3 atom stereocenters. The van der Waals surface area contributed by atoms with Gasteiger partial charge in [-0.3, -0.25) is 19.7 Å². The van der Waals surface area contributed by atoms with E-state index in [4.69, 9.17) is 10.5 Å². The first kappa shape index (κ1) is 24.4.